The molecule has 0 amide bonds. The van der Waals surface area contributed by atoms with Crippen molar-refractivity contribution in [2.75, 3.05) is 26.3 Å². The summed E-state index contributed by atoms with van der Waals surface area (Å²) in [4.78, 5) is 7.52. The number of aryl methyl sites for hydroxylation is 2. The Labute approximate surface area is 190 Å². The zero-order chi connectivity index (χ0) is 21.8. The number of likely N-dealkylation sites (tertiary alicyclic amines) is 1. The molecule has 1 unspecified atom stereocenters. The van der Waals surface area contributed by atoms with Crippen LogP contribution < -0.4 is 4.74 Å². The molecule has 5 nitrogen and oxygen atoms in total. The number of nitrogens with zero attached hydrogens (tertiary/aromatic N) is 3. The number of ether oxygens (including phenoxy) is 2. The van der Waals surface area contributed by atoms with Crippen LogP contribution in [0.15, 0.2) is 77.9 Å². The van der Waals surface area contributed by atoms with Crippen molar-refractivity contribution in [2.24, 2.45) is 4.99 Å². The van der Waals surface area contributed by atoms with E-state index in [0.717, 1.165) is 56.2 Å². The molecule has 32 heavy (non-hydrogen) atoms. The molecule has 3 aromatic rings. The molecule has 1 spiro atoms. The number of hydrogen-bond acceptors (Lipinski definition) is 4. The minimum absolute atomic E-state index is 0.101. The molecular formula is C27H31N3O2. The molecule has 5 heteroatoms. The van der Waals surface area contributed by atoms with Crippen LogP contribution in [0.1, 0.15) is 29.7 Å². The molecule has 2 aromatic carbocycles. The Morgan fingerprint density at radius 2 is 1.88 bits per heavy atom. The van der Waals surface area contributed by atoms with Gasteiger partial charge in [-0.1, -0.05) is 30.3 Å². The third-order valence-electron chi connectivity index (χ3n) is 6.45. The van der Waals surface area contributed by atoms with Gasteiger partial charge in [0.25, 0.3) is 0 Å². The maximum absolute atomic E-state index is 6.05. The molecule has 2 aliphatic rings. The van der Waals surface area contributed by atoms with E-state index >= 15 is 0 Å². The van der Waals surface area contributed by atoms with Gasteiger partial charge in [0.2, 0.25) is 5.90 Å². The Hall–Kier alpha value is -3.05. The molecule has 0 saturated carbocycles. The first-order chi connectivity index (χ1) is 15.7. The van der Waals surface area contributed by atoms with Crippen LogP contribution in [0.4, 0.5) is 0 Å². The van der Waals surface area contributed by atoms with Gasteiger partial charge in [-0.05, 0) is 61.7 Å². The normalized spacial score (nSPS) is 20.5. The molecule has 1 saturated heterocycles. The van der Waals surface area contributed by atoms with E-state index in [1.165, 1.54) is 11.3 Å². The summed E-state index contributed by atoms with van der Waals surface area (Å²) in [5, 5.41) is 0. The molecule has 0 N–H and O–H groups in total. The second-order valence-corrected chi connectivity index (χ2v) is 8.95. The topological polar surface area (TPSA) is 39.0 Å². The Morgan fingerprint density at radius 3 is 2.66 bits per heavy atom. The lowest BCUT2D eigenvalue weighted by Crippen LogP contribution is -2.32. The van der Waals surface area contributed by atoms with Crippen molar-refractivity contribution in [3.8, 4) is 5.75 Å². The van der Waals surface area contributed by atoms with Crippen molar-refractivity contribution in [1.82, 2.24) is 9.47 Å². The maximum atomic E-state index is 6.05. The van der Waals surface area contributed by atoms with Gasteiger partial charge in [-0.25, -0.2) is 4.99 Å². The van der Waals surface area contributed by atoms with E-state index in [2.05, 4.69) is 77.2 Å². The van der Waals surface area contributed by atoms with Gasteiger partial charge >= 0.3 is 0 Å². The van der Waals surface area contributed by atoms with Crippen LogP contribution in [0.5, 0.6) is 5.75 Å². The summed E-state index contributed by atoms with van der Waals surface area (Å²) in [7, 11) is 0. The summed E-state index contributed by atoms with van der Waals surface area (Å²) in [5.41, 5.74) is 3.57. The SMILES string of the molecule is Cc1cccn1CCCOc1ccc(C2=NC3(CCN(Cc4ccccc4)C3)CO2)cc1. The van der Waals surface area contributed by atoms with Crippen LogP contribution in [0, 0.1) is 6.92 Å². The minimum atomic E-state index is -0.101. The molecule has 1 fully saturated rings. The summed E-state index contributed by atoms with van der Waals surface area (Å²) in [6.45, 7) is 7.47. The summed E-state index contributed by atoms with van der Waals surface area (Å²) in [6.07, 6.45) is 4.14. The lowest BCUT2D eigenvalue weighted by atomic mass is 10.0. The van der Waals surface area contributed by atoms with Crippen molar-refractivity contribution in [1.29, 1.82) is 0 Å². The third-order valence-corrected chi connectivity index (χ3v) is 6.45. The quantitative estimate of drug-likeness (QED) is 0.488. The largest absolute Gasteiger partial charge is 0.494 e. The molecule has 0 bridgehead atoms. The number of aromatic nitrogens is 1. The molecule has 166 valence electrons. The predicted molar refractivity (Wildman–Crippen MR) is 127 cm³/mol. The monoisotopic (exact) mass is 429 g/mol. The highest BCUT2D eigenvalue weighted by atomic mass is 16.5. The molecule has 0 radical (unpaired) electrons. The van der Waals surface area contributed by atoms with Gasteiger partial charge in [0.1, 0.15) is 17.9 Å². The molecule has 1 atom stereocenters. The van der Waals surface area contributed by atoms with Gasteiger partial charge in [-0.3, -0.25) is 4.90 Å². The summed E-state index contributed by atoms with van der Waals surface area (Å²) >= 11 is 0. The van der Waals surface area contributed by atoms with Crippen LogP contribution in [-0.2, 0) is 17.8 Å². The Kier molecular flexibility index (Phi) is 5.99. The average Bonchev–Trinajstić information content (AvgIpc) is 3.54. The first-order valence-electron chi connectivity index (χ1n) is 11.5. The molecule has 0 aliphatic carbocycles. The minimum Gasteiger partial charge on any atom is -0.494 e. The van der Waals surface area contributed by atoms with Gasteiger partial charge in [-0.2, -0.15) is 0 Å². The highest BCUT2D eigenvalue weighted by Gasteiger charge is 2.43. The van der Waals surface area contributed by atoms with Crippen molar-refractivity contribution in [2.45, 2.75) is 38.4 Å². The second-order valence-electron chi connectivity index (χ2n) is 8.95. The van der Waals surface area contributed by atoms with E-state index in [-0.39, 0.29) is 5.54 Å². The molecule has 5 rings (SSSR count). The highest BCUT2D eigenvalue weighted by molar-refractivity contribution is 5.95. The van der Waals surface area contributed by atoms with E-state index in [1.54, 1.807) is 0 Å². The van der Waals surface area contributed by atoms with Crippen molar-refractivity contribution < 1.29 is 9.47 Å². The fourth-order valence-electron chi connectivity index (χ4n) is 4.63. The average molecular weight is 430 g/mol. The first-order valence-corrected chi connectivity index (χ1v) is 11.5. The van der Waals surface area contributed by atoms with Crippen LogP contribution >= 0.6 is 0 Å². The van der Waals surface area contributed by atoms with Gasteiger partial charge in [-0.15, -0.1) is 0 Å². The van der Waals surface area contributed by atoms with Crippen LogP contribution in [-0.4, -0.2) is 47.2 Å². The second kappa shape index (κ2) is 9.21. The van der Waals surface area contributed by atoms with Crippen molar-refractivity contribution >= 4 is 5.90 Å². The molecule has 2 aliphatic heterocycles. The van der Waals surface area contributed by atoms with E-state index in [0.29, 0.717) is 13.2 Å². The van der Waals surface area contributed by atoms with Gasteiger partial charge in [0, 0.05) is 43.6 Å². The number of rotatable bonds is 8. The fourth-order valence-corrected chi connectivity index (χ4v) is 4.63. The predicted octanol–water partition coefficient (Wildman–Crippen LogP) is 4.69. The zero-order valence-corrected chi connectivity index (χ0v) is 18.7. The lowest BCUT2D eigenvalue weighted by Gasteiger charge is -2.19. The summed E-state index contributed by atoms with van der Waals surface area (Å²) in [6, 6.07) is 23.0. The third kappa shape index (κ3) is 4.73. The van der Waals surface area contributed by atoms with Gasteiger partial charge in [0.05, 0.1) is 6.61 Å². The van der Waals surface area contributed by atoms with E-state index in [1.807, 2.05) is 12.1 Å². The van der Waals surface area contributed by atoms with E-state index in [9.17, 15) is 0 Å². The standard InChI is InChI=1S/C27H31N3O2/c1-22-7-5-15-30(22)16-6-18-31-25-12-10-24(11-13-25)26-28-27(21-32-26)14-17-29(20-27)19-23-8-3-2-4-9-23/h2-5,7-13,15H,6,14,16-21H2,1H3. The number of hydrogen-bond donors (Lipinski definition) is 0. The van der Waals surface area contributed by atoms with Gasteiger partial charge in [0.15, 0.2) is 0 Å². The van der Waals surface area contributed by atoms with Crippen LogP contribution in [0.25, 0.3) is 0 Å². The Morgan fingerprint density at radius 1 is 1.03 bits per heavy atom. The Bertz CT molecular complexity index is 1060. The highest BCUT2D eigenvalue weighted by Crippen LogP contribution is 2.32. The van der Waals surface area contributed by atoms with Crippen molar-refractivity contribution in [3.63, 3.8) is 0 Å². The maximum Gasteiger partial charge on any atom is 0.216 e. The molecular weight excluding hydrogens is 398 g/mol. The van der Waals surface area contributed by atoms with E-state index in [4.69, 9.17) is 14.5 Å². The smallest absolute Gasteiger partial charge is 0.216 e. The first kappa shape index (κ1) is 20.8. The van der Waals surface area contributed by atoms with Crippen molar-refractivity contribution in [3.05, 3.63) is 89.7 Å². The number of benzene rings is 2. The zero-order valence-electron chi connectivity index (χ0n) is 18.7. The summed E-state index contributed by atoms with van der Waals surface area (Å²) in [5.74, 6) is 1.65. The van der Waals surface area contributed by atoms with Gasteiger partial charge < -0.3 is 14.0 Å². The Balaban J connectivity index is 1.13. The molecule has 1 aromatic heterocycles. The molecule has 3 heterocycles. The van der Waals surface area contributed by atoms with E-state index < -0.39 is 0 Å². The fraction of sp³-hybridized carbons (Fsp3) is 0.370. The number of aliphatic imine (C=N–C) groups is 1. The lowest BCUT2D eigenvalue weighted by molar-refractivity contribution is 0.241. The van der Waals surface area contributed by atoms with Crippen LogP contribution in [0.2, 0.25) is 0 Å². The van der Waals surface area contributed by atoms with Crippen LogP contribution in [0.3, 0.4) is 0 Å². The summed E-state index contributed by atoms with van der Waals surface area (Å²) < 4.78 is 14.2.